The Balaban J connectivity index is 1.87. The molecule has 3 aromatic carbocycles. The van der Waals surface area contributed by atoms with E-state index >= 15 is 0 Å². The molecule has 1 aliphatic heterocycles. The minimum atomic E-state index is -0.906. The fourth-order valence-electron chi connectivity index (χ4n) is 3.48. The van der Waals surface area contributed by atoms with Gasteiger partial charge in [-0.1, -0.05) is 24.3 Å². The third kappa shape index (κ3) is 4.46. The maximum atomic E-state index is 14.5. The van der Waals surface area contributed by atoms with Crippen molar-refractivity contribution in [3.8, 4) is 0 Å². The van der Waals surface area contributed by atoms with Gasteiger partial charge in [0.25, 0.3) is 23.4 Å². The summed E-state index contributed by atoms with van der Waals surface area (Å²) in [5, 5.41) is 12.6. The van der Waals surface area contributed by atoms with Gasteiger partial charge in [0, 0.05) is 41.2 Å². The van der Waals surface area contributed by atoms with Crippen LogP contribution in [0, 0.1) is 15.9 Å². The maximum absolute atomic E-state index is 14.5. The molecule has 0 unspecified atom stereocenters. The average molecular weight is 735 g/mol. The number of carbonyl (C=O) groups is 3. The highest BCUT2D eigenvalue weighted by atomic mass is 79.9. The van der Waals surface area contributed by atoms with E-state index in [1.54, 1.807) is 0 Å². The van der Waals surface area contributed by atoms with E-state index in [0.29, 0.717) is 14.0 Å². The minimum absolute atomic E-state index is 0.0117. The van der Waals surface area contributed by atoms with Crippen LogP contribution in [0.2, 0.25) is 0 Å². The van der Waals surface area contributed by atoms with Crippen LogP contribution in [0.5, 0.6) is 0 Å². The summed E-state index contributed by atoms with van der Waals surface area (Å²) in [5.41, 5.74) is -0.511. The predicted molar refractivity (Wildman–Crippen MR) is 137 cm³/mol. The minimum Gasteiger partial charge on any atom is -0.267 e. The van der Waals surface area contributed by atoms with E-state index in [-0.39, 0.29) is 36.9 Å². The van der Waals surface area contributed by atoms with Gasteiger partial charge in [0.2, 0.25) is 0 Å². The van der Waals surface area contributed by atoms with Gasteiger partial charge in [-0.2, -0.15) is 5.01 Å². The van der Waals surface area contributed by atoms with E-state index in [9.17, 15) is 28.9 Å². The molecule has 178 valence electrons. The third-order valence-electron chi connectivity index (χ3n) is 5.14. The first-order chi connectivity index (χ1) is 16.5. The highest BCUT2D eigenvalue weighted by molar-refractivity contribution is 9.15. The van der Waals surface area contributed by atoms with Crippen LogP contribution in [-0.4, -0.2) is 32.7 Å². The van der Waals surface area contributed by atoms with Crippen molar-refractivity contribution in [3.05, 3.63) is 105 Å². The number of hydrogen-bond acceptors (Lipinski definition) is 5. The predicted octanol–water partition coefficient (Wildman–Crippen LogP) is 6.64. The molecule has 35 heavy (non-hydrogen) atoms. The van der Waals surface area contributed by atoms with Crippen molar-refractivity contribution >= 4 is 87.1 Å². The Morgan fingerprint density at radius 2 is 1.49 bits per heavy atom. The van der Waals surface area contributed by atoms with E-state index in [1.807, 2.05) is 0 Å². The monoisotopic (exact) mass is 731 g/mol. The Morgan fingerprint density at radius 1 is 0.914 bits per heavy atom. The highest BCUT2D eigenvalue weighted by Gasteiger charge is 2.45. The summed E-state index contributed by atoms with van der Waals surface area (Å²) in [7, 11) is 0. The summed E-state index contributed by atoms with van der Waals surface area (Å²) < 4.78 is 16.0. The topological polar surface area (TPSA) is 101 Å². The van der Waals surface area contributed by atoms with Gasteiger partial charge in [-0.3, -0.25) is 24.5 Å². The molecule has 3 amide bonds. The molecule has 0 aliphatic carbocycles. The molecule has 4 rings (SSSR count). The lowest BCUT2D eigenvalue weighted by Gasteiger charge is -2.30. The largest absolute Gasteiger partial charge is 0.282 e. The molecule has 0 saturated carbocycles. The van der Waals surface area contributed by atoms with Crippen LogP contribution in [0.25, 0.3) is 0 Å². The molecule has 0 aromatic heterocycles. The number of non-ortho nitro benzene ring substituents is 1. The Kier molecular flexibility index (Phi) is 7.23. The smallest absolute Gasteiger partial charge is 0.267 e. The van der Waals surface area contributed by atoms with Gasteiger partial charge in [0.1, 0.15) is 5.82 Å². The molecule has 13 heteroatoms. The fourth-order valence-corrected chi connectivity index (χ4v) is 5.94. The number of hydrazine groups is 1. The van der Waals surface area contributed by atoms with Crippen molar-refractivity contribution in [1.29, 1.82) is 0 Å². The number of fused-ring (bicyclic) bond motifs is 1. The summed E-state index contributed by atoms with van der Waals surface area (Å²) in [6, 6.07) is 10.4. The molecule has 1 heterocycles. The number of nitro benzene ring substituents is 1. The molecule has 0 spiro atoms. The summed E-state index contributed by atoms with van der Waals surface area (Å²) in [4.78, 5) is 51.1. The Bertz CT molecular complexity index is 1400. The zero-order valence-electron chi connectivity index (χ0n) is 17.1. The standard InChI is InChI=1S/C22H10Br4FN3O5/c23-16-14-15(17(24)19(26)18(16)25)22(33)29(21(14)32)28(9-11-4-1-2-7-13(11)27)20(31)10-5-3-6-12(8-10)30(34)35/h1-8H,9H2. The Hall–Kier alpha value is -2.48. The number of carbonyl (C=O) groups excluding carboxylic acids is 3. The summed E-state index contributed by atoms with van der Waals surface area (Å²) in [6.07, 6.45) is 0. The van der Waals surface area contributed by atoms with Gasteiger partial charge in [0.15, 0.2) is 0 Å². The quantitative estimate of drug-likeness (QED) is 0.0963. The number of benzene rings is 3. The number of imide groups is 1. The van der Waals surface area contributed by atoms with Crippen molar-refractivity contribution in [2.24, 2.45) is 0 Å². The van der Waals surface area contributed by atoms with Gasteiger partial charge >= 0.3 is 0 Å². The van der Waals surface area contributed by atoms with E-state index in [4.69, 9.17) is 0 Å². The van der Waals surface area contributed by atoms with Crippen LogP contribution >= 0.6 is 63.7 Å². The second-order valence-corrected chi connectivity index (χ2v) is 10.4. The maximum Gasteiger partial charge on any atom is 0.282 e. The first-order valence-electron chi connectivity index (χ1n) is 9.59. The number of rotatable bonds is 5. The molecule has 3 aromatic rings. The molecular weight excluding hydrogens is 725 g/mol. The number of halogens is 5. The molecular formula is C22H10Br4FN3O5. The lowest BCUT2D eigenvalue weighted by Crippen LogP contribution is -2.49. The van der Waals surface area contributed by atoms with E-state index in [2.05, 4.69) is 63.7 Å². The van der Waals surface area contributed by atoms with Crippen molar-refractivity contribution in [1.82, 2.24) is 10.0 Å². The van der Waals surface area contributed by atoms with Gasteiger partial charge in [0.05, 0.1) is 22.6 Å². The Labute approximate surface area is 230 Å². The molecule has 0 N–H and O–H groups in total. The van der Waals surface area contributed by atoms with Crippen molar-refractivity contribution < 1.29 is 23.7 Å². The third-order valence-corrected chi connectivity index (χ3v) is 9.91. The van der Waals surface area contributed by atoms with Crippen molar-refractivity contribution in [2.45, 2.75) is 6.54 Å². The van der Waals surface area contributed by atoms with Crippen LogP contribution in [0.1, 0.15) is 36.6 Å². The highest BCUT2D eigenvalue weighted by Crippen LogP contribution is 2.45. The van der Waals surface area contributed by atoms with Gasteiger partial charge in [-0.15, -0.1) is 0 Å². The SMILES string of the molecule is O=C(c1cccc([N+](=O)[O-])c1)N(Cc1ccccc1F)N1C(=O)c2c(Br)c(Br)c(Br)c(Br)c2C1=O. The fraction of sp³-hybridized carbons (Fsp3) is 0.0455. The van der Waals surface area contributed by atoms with Crippen LogP contribution in [0.4, 0.5) is 10.1 Å². The van der Waals surface area contributed by atoms with Crippen molar-refractivity contribution in [3.63, 3.8) is 0 Å². The normalized spacial score (nSPS) is 12.7. The average Bonchev–Trinajstić information content (AvgIpc) is 3.10. The van der Waals surface area contributed by atoms with E-state index < -0.39 is 35.0 Å². The number of nitrogens with zero attached hydrogens (tertiary/aromatic N) is 3. The van der Waals surface area contributed by atoms with E-state index in [0.717, 1.165) is 11.1 Å². The zero-order valence-corrected chi connectivity index (χ0v) is 23.4. The van der Waals surface area contributed by atoms with Crippen LogP contribution in [0.15, 0.2) is 66.4 Å². The van der Waals surface area contributed by atoms with Gasteiger partial charge < -0.3 is 0 Å². The molecule has 0 saturated heterocycles. The lowest BCUT2D eigenvalue weighted by molar-refractivity contribution is -0.384. The second-order valence-electron chi connectivity index (χ2n) is 7.19. The number of amides is 3. The van der Waals surface area contributed by atoms with Gasteiger partial charge in [-0.05, 0) is 75.9 Å². The molecule has 0 fully saturated rings. The first kappa shape index (κ1) is 25.6. The molecule has 0 radical (unpaired) electrons. The molecule has 1 aliphatic rings. The lowest BCUT2D eigenvalue weighted by atomic mass is 10.1. The van der Waals surface area contributed by atoms with Crippen LogP contribution in [-0.2, 0) is 6.54 Å². The first-order valence-corrected chi connectivity index (χ1v) is 12.8. The van der Waals surface area contributed by atoms with Crippen molar-refractivity contribution in [2.75, 3.05) is 0 Å². The van der Waals surface area contributed by atoms with Gasteiger partial charge in [-0.25, -0.2) is 9.40 Å². The Morgan fingerprint density at radius 3 is 2.03 bits per heavy atom. The summed E-state index contributed by atoms with van der Waals surface area (Å²) in [6.45, 7) is -0.489. The molecule has 8 nitrogen and oxygen atoms in total. The summed E-state index contributed by atoms with van der Waals surface area (Å²) in [5.74, 6) is -3.23. The van der Waals surface area contributed by atoms with Crippen LogP contribution < -0.4 is 0 Å². The van der Waals surface area contributed by atoms with E-state index in [1.165, 1.54) is 42.5 Å². The zero-order chi connectivity index (χ0) is 25.6. The number of nitro groups is 1. The van der Waals surface area contributed by atoms with Crippen LogP contribution in [0.3, 0.4) is 0 Å². The molecule has 0 bridgehead atoms. The second kappa shape index (κ2) is 9.88. The molecule has 0 atom stereocenters. The number of hydrogen-bond donors (Lipinski definition) is 0. The summed E-state index contributed by atoms with van der Waals surface area (Å²) >= 11 is 13.3.